The molecule has 17 heavy (non-hydrogen) atoms. The molecule has 1 unspecified atom stereocenters. The molecule has 0 spiro atoms. The van der Waals surface area contributed by atoms with Crippen molar-refractivity contribution in [2.45, 2.75) is 12.8 Å². The van der Waals surface area contributed by atoms with E-state index < -0.39 is 0 Å². The van der Waals surface area contributed by atoms with Gasteiger partial charge in [-0.05, 0) is 0 Å². The summed E-state index contributed by atoms with van der Waals surface area (Å²) < 4.78 is 4.89. The molecule has 90 valence electrons. The minimum atomic E-state index is -0.337. The number of carbonyl (C=O) groups excluding carboxylic acids is 1. The van der Waals surface area contributed by atoms with E-state index in [1.54, 1.807) is 17.5 Å². The van der Waals surface area contributed by atoms with Crippen molar-refractivity contribution in [1.82, 2.24) is 15.3 Å². The van der Waals surface area contributed by atoms with E-state index in [1.165, 1.54) is 12.5 Å². The Labute approximate surface area is 102 Å². The second-order valence-electron chi connectivity index (χ2n) is 3.44. The van der Waals surface area contributed by atoms with Crippen LogP contribution in [-0.2, 0) is 0 Å². The van der Waals surface area contributed by atoms with Gasteiger partial charge in [-0.3, -0.25) is 5.32 Å². The van der Waals surface area contributed by atoms with Crippen molar-refractivity contribution in [3.63, 3.8) is 0 Å². The van der Waals surface area contributed by atoms with Gasteiger partial charge < -0.3 is 9.73 Å². The van der Waals surface area contributed by atoms with E-state index in [1.807, 2.05) is 12.3 Å². The van der Waals surface area contributed by atoms with Crippen LogP contribution in [0.3, 0.4) is 0 Å². The number of carbonyl (C=O) groups is 1. The molecule has 2 N–H and O–H groups in total. The topological polar surface area (TPSA) is 80.0 Å². The molecular formula is C10H12N4O2S. The number of anilines is 1. The van der Waals surface area contributed by atoms with Gasteiger partial charge in [-0.1, -0.05) is 6.92 Å². The summed E-state index contributed by atoms with van der Waals surface area (Å²) in [6.07, 6.45) is 4.62. The number of nitrogens with one attached hydrogen (secondary N) is 2. The monoisotopic (exact) mass is 252 g/mol. The summed E-state index contributed by atoms with van der Waals surface area (Å²) in [5.41, 5.74) is 0. The third-order valence-electron chi connectivity index (χ3n) is 2.09. The first-order valence-electron chi connectivity index (χ1n) is 5.09. The molecular weight excluding hydrogens is 240 g/mol. The number of aromatic nitrogens is 2. The fourth-order valence-electron chi connectivity index (χ4n) is 1.24. The summed E-state index contributed by atoms with van der Waals surface area (Å²) >= 11 is 1.57. The minimum Gasteiger partial charge on any atom is -0.432 e. The van der Waals surface area contributed by atoms with E-state index in [9.17, 15) is 4.79 Å². The molecule has 0 radical (unpaired) electrons. The van der Waals surface area contributed by atoms with E-state index in [-0.39, 0.29) is 18.0 Å². The Morgan fingerprint density at radius 3 is 3.06 bits per heavy atom. The van der Waals surface area contributed by atoms with Crippen LogP contribution in [-0.4, -0.2) is 22.5 Å². The van der Waals surface area contributed by atoms with Crippen molar-refractivity contribution in [3.05, 3.63) is 29.0 Å². The highest BCUT2D eigenvalue weighted by Gasteiger charge is 2.10. The van der Waals surface area contributed by atoms with Crippen LogP contribution in [0.15, 0.2) is 28.5 Å². The summed E-state index contributed by atoms with van der Waals surface area (Å²) in [6.45, 7) is 2.52. The molecule has 0 saturated heterocycles. The summed E-state index contributed by atoms with van der Waals surface area (Å²) in [7, 11) is 0. The normalized spacial score (nSPS) is 12.1. The molecule has 2 heterocycles. The maximum absolute atomic E-state index is 11.4. The van der Waals surface area contributed by atoms with Gasteiger partial charge in [0.15, 0.2) is 0 Å². The van der Waals surface area contributed by atoms with Crippen molar-refractivity contribution in [2.75, 3.05) is 11.9 Å². The van der Waals surface area contributed by atoms with Crippen molar-refractivity contribution in [2.24, 2.45) is 0 Å². The first kappa shape index (κ1) is 11.6. The van der Waals surface area contributed by atoms with Gasteiger partial charge in [0.05, 0.1) is 11.2 Å². The zero-order chi connectivity index (χ0) is 12.1. The van der Waals surface area contributed by atoms with E-state index in [0.29, 0.717) is 6.54 Å². The summed E-state index contributed by atoms with van der Waals surface area (Å²) in [4.78, 5) is 19.4. The molecule has 0 aliphatic rings. The molecule has 0 aliphatic carbocycles. The number of hydrogen-bond donors (Lipinski definition) is 2. The van der Waals surface area contributed by atoms with Gasteiger partial charge in [-0.25, -0.2) is 14.8 Å². The van der Waals surface area contributed by atoms with E-state index >= 15 is 0 Å². The van der Waals surface area contributed by atoms with E-state index in [2.05, 4.69) is 20.6 Å². The molecule has 1 atom stereocenters. The number of oxazole rings is 1. The lowest BCUT2D eigenvalue weighted by Gasteiger charge is -2.09. The van der Waals surface area contributed by atoms with Gasteiger partial charge in [0.1, 0.15) is 6.26 Å². The highest BCUT2D eigenvalue weighted by Crippen LogP contribution is 2.16. The SMILES string of the molecule is CC(CNC(=O)Nc1ncco1)c1nccs1. The Balaban J connectivity index is 1.76. The number of amides is 2. The van der Waals surface area contributed by atoms with Crippen molar-refractivity contribution >= 4 is 23.4 Å². The Bertz CT molecular complexity index is 455. The van der Waals surface area contributed by atoms with Gasteiger partial charge in [0.25, 0.3) is 0 Å². The minimum absolute atomic E-state index is 0.185. The molecule has 7 heteroatoms. The van der Waals surface area contributed by atoms with Gasteiger partial charge in [0.2, 0.25) is 0 Å². The van der Waals surface area contributed by atoms with Crippen LogP contribution in [0.1, 0.15) is 17.8 Å². The average molecular weight is 252 g/mol. The lowest BCUT2D eigenvalue weighted by molar-refractivity contribution is 0.251. The Morgan fingerprint density at radius 2 is 2.41 bits per heavy atom. The van der Waals surface area contributed by atoms with Crippen molar-refractivity contribution in [3.8, 4) is 0 Å². The third-order valence-corrected chi connectivity index (χ3v) is 3.10. The van der Waals surface area contributed by atoms with Crippen molar-refractivity contribution < 1.29 is 9.21 Å². The maximum Gasteiger partial charge on any atom is 0.322 e. The number of thiazole rings is 1. The Hall–Kier alpha value is -1.89. The van der Waals surface area contributed by atoms with Crippen LogP contribution in [0.25, 0.3) is 0 Å². The zero-order valence-electron chi connectivity index (χ0n) is 9.21. The largest absolute Gasteiger partial charge is 0.432 e. The fourth-order valence-corrected chi connectivity index (χ4v) is 1.94. The molecule has 0 aromatic carbocycles. The van der Waals surface area contributed by atoms with Crippen LogP contribution in [0, 0.1) is 0 Å². The third kappa shape index (κ3) is 3.28. The molecule has 6 nitrogen and oxygen atoms in total. The van der Waals surface area contributed by atoms with E-state index in [0.717, 1.165) is 5.01 Å². The predicted octanol–water partition coefficient (Wildman–Crippen LogP) is 2.06. The second-order valence-corrected chi connectivity index (χ2v) is 4.37. The van der Waals surface area contributed by atoms with Gasteiger partial charge in [0, 0.05) is 24.0 Å². The highest BCUT2D eigenvalue weighted by atomic mass is 32.1. The smallest absolute Gasteiger partial charge is 0.322 e. The average Bonchev–Trinajstić information content (AvgIpc) is 2.97. The quantitative estimate of drug-likeness (QED) is 0.872. The fraction of sp³-hybridized carbons (Fsp3) is 0.300. The van der Waals surface area contributed by atoms with Gasteiger partial charge in [-0.15, -0.1) is 11.3 Å². The molecule has 2 aromatic rings. The first-order valence-corrected chi connectivity index (χ1v) is 5.97. The van der Waals surface area contributed by atoms with Crippen LogP contribution in [0.4, 0.5) is 10.8 Å². The molecule has 2 rings (SSSR count). The lowest BCUT2D eigenvalue weighted by Crippen LogP contribution is -2.31. The van der Waals surface area contributed by atoms with Crippen LogP contribution < -0.4 is 10.6 Å². The summed E-state index contributed by atoms with van der Waals surface area (Å²) in [5.74, 6) is 0.185. The summed E-state index contributed by atoms with van der Waals surface area (Å²) in [6, 6.07) is -0.153. The molecule has 0 fully saturated rings. The zero-order valence-corrected chi connectivity index (χ0v) is 10.0. The number of hydrogen-bond acceptors (Lipinski definition) is 5. The second kappa shape index (κ2) is 5.44. The number of rotatable bonds is 4. The summed E-state index contributed by atoms with van der Waals surface area (Å²) in [5, 5.41) is 8.12. The van der Waals surface area contributed by atoms with Crippen molar-refractivity contribution in [1.29, 1.82) is 0 Å². The molecule has 0 saturated carbocycles. The first-order chi connectivity index (χ1) is 8.25. The Morgan fingerprint density at radius 1 is 1.53 bits per heavy atom. The Kier molecular flexibility index (Phi) is 3.71. The van der Waals surface area contributed by atoms with Crippen LogP contribution in [0.5, 0.6) is 0 Å². The van der Waals surface area contributed by atoms with Crippen LogP contribution >= 0.6 is 11.3 Å². The maximum atomic E-state index is 11.4. The number of nitrogens with zero attached hydrogens (tertiary/aromatic N) is 2. The number of urea groups is 1. The predicted molar refractivity (Wildman–Crippen MR) is 64.1 cm³/mol. The standard InChI is InChI=1S/C10H12N4O2S/c1-7(8-11-3-5-17-8)6-13-9(15)14-10-12-2-4-16-10/h2-5,7H,6H2,1H3,(H2,12,13,14,15). The molecule has 2 amide bonds. The molecule has 2 aromatic heterocycles. The highest BCUT2D eigenvalue weighted by molar-refractivity contribution is 7.09. The molecule has 0 bridgehead atoms. The van der Waals surface area contributed by atoms with Crippen LogP contribution in [0.2, 0.25) is 0 Å². The van der Waals surface area contributed by atoms with Gasteiger partial charge >= 0.3 is 12.0 Å². The lowest BCUT2D eigenvalue weighted by atomic mass is 10.2. The van der Waals surface area contributed by atoms with E-state index in [4.69, 9.17) is 4.42 Å². The molecule has 0 aliphatic heterocycles. The van der Waals surface area contributed by atoms with Gasteiger partial charge in [-0.2, -0.15) is 0 Å².